The molecule has 0 radical (unpaired) electrons. The third-order valence-corrected chi connectivity index (χ3v) is 6.45. The first-order valence-corrected chi connectivity index (χ1v) is 11.9. The second-order valence-corrected chi connectivity index (χ2v) is 9.37. The summed E-state index contributed by atoms with van der Waals surface area (Å²) < 4.78 is 15.4. The Labute approximate surface area is 217 Å². The van der Waals surface area contributed by atoms with Crippen LogP contribution in [0.1, 0.15) is 34.6 Å². The lowest BCUT2D eigenvalue weighted by molar-refractivity contribution is 0.0926. The summed E-state index contributed by atoms with van der Waals surface area (Å²) in [6, 6.07) is 20.4. The highest BCUT2D eigenvalue weighted by molar-refractivity contribution is 8.93. The van der Waals surface area contributed by atoms with Gasteiger partial charge < -0.3 is 4.57 Å². The molecule has 2 amide bonds. The molecule has 5 nitrogen and oxygen atoms in total. The summed E-state index contributed by atoms with van der Waals surface area (Å²) in [4.78, 5) is 32.7. The minimum atomic E-state index is -0.315. The molecule has 0 atom stereocenters. The maximum atomic E-state index is 13.3. The summed E-state index contributed by atoms with van der Waals surface area (Å²) in [5, 5.41) is 2.02. The number of amides is 2. The van der Waals surface area contributed by atoms with Crippen LogP contribution in [0, 0.1) is 11.7 Å². The van der Waals surface area contributed by atoms with Crippen molar-refractivity contribution in [3.05, 3.63) is 99.9 Å². The van der Waals surface area contributed by atoms with Crippen molar-refractivity contribution in [3.63, 3.8) is 0 Å². The van der Waals surface area contributed by atoms with Crippen LogP contribution in [-0.4, -0.2) is 16.4 Å². The molecule has 0 saturated carbocycles. The largest absolute Gasteiger partial charge is 0.316 e. The van der Waals surface area contributed by atoms with Crippen LogP contribution < -0.4 is 9.70 Å². The van der Waals surface area contributed by atoms with Gasteiger partial charge in [0.2, 0.25) is 0 Å². The highest BCUT2D eigenvalue weighted by Crippen LogP contribution is 2.31. The Bertz CT molecular complexity index is 1440. The van der Waals surface area contributed by atoms with Crippen molar-refractivity contribution in [1.29, 1.82) is 0 Å². The Balaban J connectivity index is 0.00000289. The van der Waals surface area contributed by atoms with Crippen molar-refractivity contribution < 1.29 is 14.0 Å². The van der Waals surface area contributed by atoms with E-state index in [9.17, 15) is 14.0 Å². The molecule has 8 heteroatoms. The molecule has 2 heterocycles. The highest BCUT2D eigenvalue weighted by Gasteiger charge is 2.36. The number of thiazole rings is 1. The topological polar surface area (TPSA) is 54.7 Å². The minimum Gasteiger partial charge on any atom is -0.316 e. The average molecular weight is 552 g/mol. The molecule has 0 spiro atoms. The molecule has 0 saturated heterocycles. The van der Waals surface area contributed by atoms with Gasteiger partial charge in [-0.2, -0.15) is 0 Å². The van der Waals surface area contributed by atoms with Crippen molar-refractivity contribution in [1.82, 2.24) is 4.57 Å². The number of imide groups is 1. The number of aromatic nitrogens is 1. The Morgan fingerprint density at radius 3 is 2.20 bits per heavy atom. The van der Waals surface area contributed by atoms with Gasteiger partial charge in [-0.25, -0.2) is 14.3 Å². The van der Waals surface area contributed by atoms with E-state index in [1.54, 1.807) is 42.5 Å². The lowest BCUT2D eigenvalue weighted by Gasteiger charge is -2.16. The third-order valence-electron chi connectivity index (χ3n) is 5.59. The molecule has 0 aliphatic carbocycles. The summed E-state index contributed by atoms with van der Waals surface area (Å²) in [6.07, 6.45) is 0. The number of hydrogen-bond donors (Lipinski definition) is 0. The number of halogens is 2. The summed E-state index contributed by atoms with van der Waals surface area (Å²) in [5.41, 5.74) is 3.87. The van der Waals surface area contributed by atoms with Crippen LogP contribution in [0.5, 0.6) is 0 Å². The fraction of sp³-hybridized carbons (Fsp3) is 0.148. The van der Waals surface area contributed by atoms with E-state index in [-0.39, 0.29) is 34.6 Å². The van der Waals surface area contributed by atoms with E-state index in [1.807, 2.05) is 23.6 Å². The first-order chi connectivity index (χ1) is 16.4. The highest BCUT2D eigenvalue weighted by atomic mass is 79.9. The first kappa shape index (κ1) is 24.8. The molecular formula is C27H23BrFN3O2S. The van der Waals surface area contributed by atoms with Gasteiger partial charge >= 0.3 is 0 Å². The van der Waals surface area contributed by atoms with Gasteiger partial charge in [0, 0.05) is 17.5 Å². The van der Waals surface area contributed by atoms with Crippen molar-refractivity contribution in [2.45, 2.75) is 20.4 Å². The van der Waals surface area contributed by atoms with Crippen LogP contribution >= 0.6 is 28.3 Å². The molecule has 0 fully saturated rings. The van der Waals surface area contributed by atoms with Crippen LogP contribution in [0.4, 0.5) is 15.8 Å². The lowest BCUT2D eigenvalue weighted by atomic mass is 10.1. The van der Waals surface area contributed by atoms with Gasteiger partial charge in [-0.15, -0.1) is 28.3 Å². The predicted octanol–water partition coefficient (Wildman–Crippen LogP) is 6.62. The Morgan fingerprint density at radius 1 is 0.914 bits per heavy atom. The summed E-state index contributed by atoms with van der Waals surface area (Å²) in [6.45, 7) is 4.99. The lowest BCUT2D eigenvalue weighted by Crippen LogP contribution is -2.29. The maximum Gasteiger partial charge on any atom is 0.266 e. The number of anilines is 1. The average Bonchev–Trinajstić information content (AvgIpc) is 3.33. The number of nitrogens with zero attached hydrogens (tertiary/aromatic N) is 3. The van der Waals surface area contributed by atoms with Gasteiger partial charge in [0.1, 0.15) is 5.82 Å². The van der Waals surface area contributed by atoms with E-state index < -0.39 is 0 Å². The molecule has 1 aromatic heterocycles. The van der Waals surface area contributed by atoms with Crippen molar-refractivity contribution in [2.75, 3.05) is 4.90 Å². The number of carbonyl (C=O) groups excluding carboxylic acids is 2. The van der Waals surface area contributed by atoms with Gasteiger partial charge in [-0.3, -0.25) is 9.59 Å². The summed E-state index contributed by atoms with van der Waals surface area (Å²) in [5.74, 6) is -0.568. The number of benzene rings is 3. The minimum absolute atomic E-state index is 0. The zero-order valence-corrected chi connectivity index (χ0v) is 21.7. The van der Waals surface area contributed by atoms with Crippen LogP contribution in [0.15, 0.2) is 83.2 Å². The van der Waals surface area contributed by atoms with Crippen molar-refractivity contribution >= 4 is 51.5 Å². The van der Waals surface area contributed by atoms with Gasteiger partial charge in [-0.05, 0) is 54.4 Å². The zero-order valence-electron chi connectivity index (χ0n) is 19.1. The summed E-state index contributed by atoms with van der Waals surface area (Å²) >= 11 is 1.50. The van der Waals surface area contributed by atoms with E-state index in [4.69, 9.17) is 4.99 Å². The number of rotatable bonds is 5. The fourth-order valence-electron chi connectivity index (χ4n) is 4.05. The molecule has 1 aliphatic heterocycles. The van der Waals surface area contributed by atoms with Crippen molar-refractivity contribution in [2.24, 2.45) is 10.9 Å². The van der Waals surface area contributed by atoms with E-state index >= 15 is 0 Å². The normalized spacial score (nSPS) is 13.4. The molecule has 0 unspecified atom stereocenters. The molecule has 4 aromatic rings. The zero-order chi connectivity index (χ0) is 23.8. The molecule has 3 aromatic carbocycles. The number of carbonyl (C=O) groups is 2. The standard InChI is InChI=1S/C27H22FN3O2S.BrH/c1-17(2)15-30-24(16-34-27(30)29-20-12-10-19(28)11-13-20)18-6-5-7-21(14-18)31-25(32)22-8-3-4-9-23(22)26(31)33;/h3-14,16-17H,15H2,1-2H3;1H. The molecule has 178 valence electrons. The Kier molecular flexibility index (Phi) is 7.14. The molecule has 5 rings (SSSR count). The van der Waals surface area contributed by atoms with Gasteiger partial charge in [0.15, 0.2) is 4.80 Å². The maximum absolute atomic E-state index is 13.3. The number of fused-ring (bicyclic) bond motifs is 1. The second-order valence-electron chi connectivity index (χ2n) is 8.54. The van der Waals surface area contributed by atoms with Gasteiger partial charge in [0.05, 0.1) is 28.2 Å². The first-order valence-electron chi connectivity index (χ1n) is 11.0. The Hall–Kier alpha value is -3.36. The number of hydrogen-bond acceptors (Lipinski definition) is 4. The van der Waals surface area contributed by atoms with E-state index in [2.05, 4.69) is 18.4 Å². The van der Waals surface area contributed by atoms with Gasteiger partial charge in [0.25, 0.3) is 11.8 Å². The quantitative estimate of drug-likeness (QED) is 0.261. The van der Waals surface area contributed by atoms with Crippen LogP contribution in [0.25, 0.3) is 11.3 Å². The molecule has 35 heavy (non-hydrogen) atoms. The molecular weight excluding hydrogens is 529 g/mol. The molecule has 0 N–H and O–H groups in total. The third kappa shape index (κ3) is 4.76. The van der Waals surface area contributed by atoms with E-state index in [0.29, 0.717) is 28.4 Å². The van der Waals surface area contributed by atoms with Crippen LogP contribution in [0.2, 0.25) is 0 Å². The predicted molar refractivity (Wildman–Crippen MR) is 142 cm³/mol. The van der Waals surface area contributed by atoms with E-state index in [0.717, 1.165) is 22.6 Å². The molecule has 1 aliphatic rings. The Morgan fingerprint density at radius 2 is 1.57 bits per heavy atom. The van der Waals surface area contributed by atoms with Crippen LogP contribution in [0.3, 0.4) is 0 Å². The molecule has 0 bridgehead atoms. The van der Waals surface area contributed by atoms with Crippen molar-refractivity contribution in [3.8, 4) is 11.3 Å². The van der Waals surface area contributed by atoms with E-state index in [1.165, 1.54) is 28.4 Å². The SMILES string of the molecule is Br.CC(C)Cn1c(-c2cccc(N3C(=O)c4ccccc4C3=O)c2)csc1=Nc1ccc(F)cc1. The monoisotopic (exact) mass is 551 g/mol. The van der Waals surface area contributed by atoms with Gasteiger partial charge in [-0.1, -0.05) is 38.1 Å². The van der Waals surface area contributed by atoms with Crippen LogP contribution in [-0.2, 0) is 6.54 Å². The fourth-order valence-corrected chi connectivity index (χ4v) is 4.98. The second kappa shape index (κ2) is 10.1. The summed E-state index contributed by atoms with van der Waals surface area (Å²) in [7, 11) is 0. The smallest absolute Gasteiger partial charge is 0.266 e.